The quantitative estimate of drug-likeness (QED) is 0.266. The van der Waals surface area contributed by atoms with Gasteiger partial charge in [-0.1, -0.05) is 109 Å². The number of hydrogen-bond acceptors (Lipinski definition) is 3. The van der Waals surface area contributed by atoms with E-state index < -0.39 is 0 Å². The number of benzene rings is 5. The fraction of sp³-hybridized carbons (Fsp3) is 0. The molecule has 2 aromatic heterocycles. The summed E-state index contributed by atoms with van der Waals surface area (Å²) in [6.07, 6.45) is 0. The molecule has 0 fully saturated rings. The van der Waals surface area contributed by atoms with Crippen molar-refractivity contribution < 1.29 is 0 Å². The first-order chi connectivity index (χ1) is 18.8. The van der Waals surface area contributed by atoms with E-state index in [4.69, 9.17) is 4.98 Å². The van der Waals surface area contributed by atoms with Gasteiger partial charge in [-0.05, 0) is 41.0 Å². The predicted octanol–water partition coefficient (Wildman–Crippen LogP) is 7.03. The Balaban J connectivity index is 1.68. The highest BCUT2D eigenvalue weighted by atomic mass is 16.1. The minimum Gasteiger partial charge on any atom is -0.277 e. The van der Waals surface area contributed by atoms with E-state index >= 15 is 0 Å². The van der Waals surface area contributed by atoms with E-state index in [0.29, 0.717) is 11.6 Å². The molecule has 0 bridgehead atoms. The smallest absolute Gasteiger partial charge is 0.277 e. The molecule has 0 atom stereocenters. The van der Waals surface area contributed by atoms with Gasteiger partial charge >= 0.3 is 5.69 Å². The number of aromatic nitrogens is 4. The summed E-state index contributed by atoms with van der Waals surface area (Å²) in [5, 5.41) is 0. The van der Waals surface area contributed by atoms with E-state index in [1.54, 1.807) is 4.40 Å². The Morgan fingerprint density at radius 3 is 1.71 bits per heavy atom. The maximum atomic E-state index is 13.7. The van der Waals surface area contributed by atoms with Crippen molar-refractivity contribution in [3.8, 4) is 39.3 Å². The van der Waals surface area contributed by atoms with Crippen LogP contribution in [0.25, 0.3) is 56.1 Å². The number of imidazole rings is 1. The molecule has 7 rings (SSSR count). The van der Waals surface area contributed by atoms with Gasteiger partial charge in [-0.3, -0.25) is 4.57 Å². The summed E-state index contributed by atoms with van der Waals surface area (Å²) in [6.45, 7) is 0. The van der Waals surface area contributed by atoms with Gasteiger partial charge in [0.2, 0.25) is 5.78 Å². The van der Waals surface area contributed by atoms with Crippen LogP contribution in [0.5, 0.6) is 0 Å². The molecule has 0 aliphatic heterocycles. The van der Waals surface area contributed by atoms with Crippen molar-refractivity contribution in [2.75, 3.05) is 0 Å². The highest BCUT2D eigenvalue weighted by molar-refractivity contribution is 5.99. The highest BCUT2D eigenvalue weighted by Crippen LogP contribution is 2.37. The summed E-state index contributed by atoms with van der Waals surface area (Å²) >= 11 is 0. The van der Waals surface area contributed by atoms with Crippen LogP contribution in [0.15, 0.2) is 138 Å². The first kappa shape index (κ1) is 21.9. The second kappa shape index (κ2) is 8.98. The van der Waals surface area contributed by atoms with E-state index in [9.17, 15) is 4.79 Å². The van der Waals surface area contributed by atoms with E-state index in [1.165, 1.54) is 0 Å². The summed E-state index contributed by atoms with van der Waals surface area (Å²) < 4.78 is 3.70. The molecule has 5 nitrogen and oxygen atoms in total. The van der Waals surface area contributed by atoms with E-state index in [-0.39, 0.29) is 5.69 Å². The maximum Gasteiger partial charge on any atom is 0.357 e. The van der Waals surface area contributed by atoms with Gasteiger partial charge in [-0.15, -0.1) is 0 Å². The fourth-order valence-corrected chi connectivity index (χ4v) is 5.05. The van der Waals surface area contributed by atoms with Crippen LogP contribution in [0.3, 0.4) is 0 Å². The van der Waals surface area contributed by atoms with Gasteiger partial charge in [0.25, 0.3) is 0 Å². The maximum absolute atomic E-state index is 13.7. The summed E-state index contributed by atoms with van der Waals surface area (Å²) in [5.74, 6) is 0.924. The summed E-state index contributed by atoms with van der Waals surface area (Å²) in [4.78, 5) is 23.1. The molecule has 38 heavy (non-hydrogen) atoms. The van der Waals surface area contributed by atoms with Crippen LogP contribution in [-0.2, 0) is 0 Å². The summed E-state index contributed by atoms with van der Waals surface area (Å²) in [5.41, 5.74) is 7.17. The largest absolute Gasteiger partial charge is 0.357 e. The highest BCUT2D eigenvalue weighted by Gasteiger charge is 2.22. The number of rotatable bonds is 4. The zero-order chi connectivity index (χ0) is 25.5. The average molecular weight is 491 g/mol. The van der Waals surface area contributed by atoms with Gasteiger partial charge in [0, 0.05) is 16.8 Å². The Kier molecular flexibility index (Phi) is 5.19. The van der Waals surface area contributed by atoms with Crippen LogP contribution < -0.4 is 5.69 Å². The molecule has 180 valence electrons. The summed E-state index contributed by atoms with van der Waals surface area (Å²) in [7, 11) is 0. The molecule has 0 saturated heterocycles. The van der Waals surface area contributed by atoms with Crippen molar-refractivity contribution >= 4 is 16.8 Å². The lowest BCUT2D eigenvalue weighted by Crippen LogP contribution is -2.19. The van der Waals surface area contributed by atoms with Crippen molar-refractivity contribution in [3.63, 3.8) is 0 Å². The SMILES string of the molecule is O=c1nc(-c2ccccc2)nc2n(-c3ccccc3)c3c(-c4ccccc4)cc(-c4ccccc4)cc3n12. The normalized spacial score (nSPS) is 11.3. The molecule has 0 spiro atoms. The molecule has 0 saturated carbocycles. The van der Waals surface area contributed by atoms with Gasteiger partial charge in [0.05, 0.1) is 11.0 Å². The number of hydrogen-bond donors (Lipinski definition) is 0. The molecule has 0 amide bonds. The lowest BCUT2D eigenvalue weighted by Gasteiger charge is -2.12. The molecule has 5 heteroatoms. The first-order valence-corrected chi connectivity index (χ1v) is 12.5. The lowest BCUT2D eigenvalue weighted by molar-refractivity contribution is 0.946. The summed E-state index contributed by atoms with van der Waals surface area (Å²) in [6, 6.07) is 44.4. The minimum absolute atomic E-state index is 0.363. The molecule has 0 radical (unpaired) electrons. The third-order valence-electron chi connectivity index (χ3n) is 6.79. The van der Waals surface area contributed by atoms with E-state index in [1.807, 2.05) is 97.1 Å². The van der Waals surface area contributed by atoms with Gasteiger partial charge in [0.1, 0.15) is 0 Å². The molecular formula is C33H22N4O. The molecule has 2 heterocycles. The molecule has 0 N–H and O–H groups in total. The lowest BCUT2D eigenvalue weighted by atomic mass is 9.97. The third kappa shape index (κ3) is 3.61. The topological polar surface area (TPSA) is 52.2 Å². The minimum atomic E-state index is -0.363. The van der Waals surface area contributed by atoms with Crippen LogP contribution in [0.4, 0.5) is 0 Å². The van der Waals surface area contributed by atoms with Crippen molar-refractivity contribution in [1.29, 1.82) is 0 Å². The first-order valence-electron chi connectivity index (χ1n) is 12.5. The van der Waals surface area contributed by atoms with Gasteiger partial charge in [-0.2, -0.15) is 9.97 Å². The molecule has 7 aromatic rings. The van der Waals surface area contributed by atoms with Crippen LogP contribution in [0.2, 0.25) is 0 Å². The van der Waals surface area contributed by atoms with Crippen LogP contribution >= 0.6 is 0 Å². The van der Waals surface area contributed by atoms with Gasteiger partial charge in [-0.25, -0.2) is 9.20 Å². The number of fused-ring (bicyclic) bond motifs is 3. The molecule has 0 aliphatic carbocycles. The molecule has 0 aliphatic rings. The Morgan fingerprint density at radius 2 is 1.08 bits per heavy atom. The zero-order valence-corrected chi connectivity index (χ0v) is 20.4. The average Bonchev–Trinajstić information content (AvgIpc) is 3.33. The fourth-order valence-electron chi connectivity index (χ4n) is 5.05. The second-order valence-corrected chi connectivity index (χ2v) is 9.13. The standard InChI is InChI=1S/C33H22N4O/c38-33-35-31(25-17-9-3-10-18-25)34-32-36(27-19-11-4-12-20-27)30-28(24-15-7-2-8-16-24)21-26(22-29(30)37(32)33)23-13-5-1-6-14-23/h1-22H. The number of para-hydroxylation sites is 1. The Labute approximate surface area is 218 Å². The van der Waals surface area contributed by atoms with Gasteiger partial charge in [0.15, 0.2) is 5.82 Å². The molecule has 5 aromatic carbocycles. The predicted molar refractivity (Wildman–Crippen MR) is 152 cm³/mol. The zero-order valence-electron chi connectivity index (χ0n) is 20.4. The van der Waals surface area contributed by atoms with Crippen molar-refractivity contribution in [3.05, 3.63) is 144 Å². The molecule has 0 unspecified atom stereocenters. The Bertz CT molecular complexity index is 1960. The van der Waals surface area contributed by atoms with Crippen LogP contribution in [-0.4, -0.2) is 18.9 Å². The Hall–Kier alpha value is -5.29. The monoisotopic (exact) mass is 490 g/mol. The van der Waals surface area contributed by atoms with Gasteiger partial charge < -0.3 is 0 Å². The third-order valence-corrected chi connectivity index (χ3v) is 6.79. The Morgan fingerprint density at radius 1 is 0.526 bits per heavy atom. The van der Waals surface area contributed by atoms with Crippen molar-refractivity contribution in [2.45, 2.75) is 0 Å². The van der Waals surface area contributed by atoms with Crippen molar-refractivity contribution in [1.82, 2.24) is 18.9 Å². The number of nitrogens with zero attached hydrogens (tertiary/aromatic N) is 4. The molecular weight excluding hydrogens is 468 g/mol. The van der Waals surface area contributed by atoms with Crippen molar-refractivity contribution in [2.24, 2.45) is 0 Å². The van der Waals surface area contributed by atoms with Crippen LogP contribution in [0, 0.1) is 0 Å². The van der Waals surface area contributed by atoms with Crippen LogP contribution in [0.1, 0.15) is 0 Å². The van der Waals surface area contributed by atoms with E-state index in [0.717, 1.165) is 44.5 Å². The second-order valence-electron chi connectivity index (χ2n) is 9.13. The van der Waals surface area contributed by atoms with E-state index in [2.05, 4.69) is 45.9 Å².